The summed E-state index contributed by atoms with van der Waals surface area (Å²) < 4.78 is 21.9. The summed E-state index contributed by atoms with van der Waals surface area (Å²) in [5, 5.41) is 47.0. The van der Waals surface area contributed by atoms with E-state index in [-0.39, 0.29) is 55.4 Å². The minimum atomic E-state index is -0.128. The number of hydrogen-bond acceptors (Lipinski definition) is 10. The first-order valence-corrected chi connectivity index (χ1v) is 7.43. The predicted octanol–water partition coefficient (Wildman–Crippen LogP) is -5.04. The van der Waals surface area contributed by atoms with Crippen molar-refractivity contribution >= 4 is 0 Å². The van der Waals surface area contributed by atoms with Crippen molar-refractivity contribution in [3.05, 3.63) is 0 Å². The van der Waals surface area contributed by atoms with E-state index in [0.717, 1.165) is 0 Å². The Morgan fingerprint density at radius 2 is 0.500 bits per heavy atom. The van der Waals surface area contributed by atoms with Crippen LogP contribution in [-0.2, 0) is 46.1 Å². The molecule has 0 saturated heterocycles. The van der Waals surface area contributed by atoms with Crippen LogP contribution >= 0.6 is 0 Å². The molecule has 10 nitrogen and oxygen atoms in total. The minimum Gasteiger partial charge on any atom is -0.853 e. The van der Waals surface area contributed by atoms with Gasteiger partial charge in [-0.3, -0.25) is 0 Å². The quantitative estimate of drug-likeness (QED) is 0.255. The zero-order valence-corrected chi connectivity index (χ0v) is 19.8. The van der Waals surface area contributed by atoms with Gasteiger partial charge in [-0.15, -0.1) is 33.0 Å². The maximum absolute atomic E-state index is 9.40. The molecule has 0 aromatic carbocycles. The van der Waals surface area contributed by atoms with E-state index in [1.165, 1.54) is 35.5 Å². The van der Waals surface area contributed by atoms with Crippen molar-refractivity contribution < 1.29 is 71.6 Å². The summed E-state index contributed by atoms with van der Waals surface area (Å²) in [7, 11) is 7.56. The molecular weight excluding hydrogens is 521 g/mol. The first-order valence-electron chi connectivity index (χ1n) is 7.43. The Balaban J connectivity index is -0.0000000476. The Morgan fingerprint density at radius 1 is 0.385 bits per heavy atom. The van der Waals surface area contributed by atoms with Gasteiger partial charge in [-0.05, 0) is 0 Å². The molecule has 0 rings (SSSR count). The second-order valence-corrected chi connectivity index (χ2v) is 3.48. The Kier molecular flexibility index (Phi) is 100. The van der Waals surface area contributed by atoms with E-state index in [4.69, 9.17) is 0 Å². The van der Waals surface area contributed by atoms with Crippen molar-refractivity contribution in [2.24, 2.45) is 0 Å². The van der Waals surface area contributed by atoms with Crippen LogP contribution < -0.4 is 25.5 Å². The van der Waals surface area contributed by atoms with Gasteiger partial charge in [-0.25, -0.2) is 0 Å². The van der Waals surface area contributed by atoms with Crippen LogP contribution in [0.5, 0.6) is 0 Å². The molecule has 0 spiro atoms. The molecule has 0 aliphatic carbocycles. The summed E-state index contributed by atoms with van der Waals surface area (Å²) in [6.45, 7) is 1.02. The van der Waals surface area contributed by atoms with Gasteiger partial charge < -0.3 is 49.2 Å². The summed E-state index contributed by atoms with van der Waals surface area (Å²) in [5.41, 5.74) is 0. The van der Waals surface area contributed by atoms with Crippen LogP contribution in [0.4, 0.5) is 0 Å². The first-order chi connectivity index (χ1) is 12.1. The summed E-state index contributed by atoms with van der Waals surface area (Å²) >= 11 is 0. The van der Waals surface area contributed by atoms with E-state index in [2.05, 4.69) is 23.7 Å². The molecule has 0 heterocycles. The molecule has 0 amide bonds. The Labute approximate surface area is 173 Å². The molecule has 0 N–H and O–H groups in total. The fraction of sp³-hybridized carbons (Fsp3) is 1.00. The number of rotatable bonds is 10. The normalized spacial score (nSPS) is 8.08. The van der Waals surface area contributed by atoms with Gasteiger partial charge >= 0.3 is 22.4 Å². The van der Waals surface area contributed by atoms with Crippen molar-refractivity contribution in [2.45, 2.75) is 0 Å². The molecule has 0 bridgehead atoms. The summed E-state index contributed by atoms with van der Waals surface area (Å²) in [6.07, 6.45) is 0. The van der Waals surface area contributed by atoms with Crippen molar-refractivity contribution in [2.75, 3.05) is 102 Å². The van der Waals surface area contributed by atoms with E-state index < -0.39 is 0 Å². The summed E-state index contributed by atoms with van der Waals surface area (Å²) in [4.78, 5) is 0. The van der Waals surface area contributed by atoms with E-state index in [9.17, 15) is 25.5 Å². The smallest absolute Gasteiger partial charge is 0.853 e. The van der Waals surface area contributed by atoms with Crippen molar-refractivity contribution in [3.8, 4) is 0 Å². The average Bonchev–Trinajstić information content (AvgIpc) is 2.61. The predicted molar refractivity (Wildman–Crippen MR) is 83.7 cm³/mol. The van der Waals surface area contributed by atoms with E-state index in [1.807, 2.05) is 0 Å². The van der Waals surface area contributed by atoms with Crippen LogP contribution in [0.2, 0.25) is 0 Å². The van der Waals surface area contributed by atoms with Gasteiger partial charge in [0.15, 0.2) is 0 Å². The van der Waals surface area contributed by atoms with E-state index in [1.54, 1.807) is 0 Å². The molecule has 0 atom stereocenters. The summed E-state index contributed by atoms with van der Waals surface area (Å²) in [6, 6.07) is 0. The van der Waals surface area contributed by atoms with E-state index >= 15 is 0 Å². The molecule has 11 heteroatoms. The van der Waals surface area contributed by atoms with Crippen LogP contribution in [0.1, 0.15) is 0 Å². The second-order valence-electron chi connectivity index (χ2n) is 3.48. The van der Waals surface area contributed by atoms with Gasteiger partial charge in [0.05, 0.1) is 0 Å². The molecule has 0 unspecified atom stereocenters. The SMILES string of the molecule is COCC[O-].COCC[O-].COCC[O-].COCC[O-].COCC[O-].[Ta+5]. The summed E-state index contributed by atoms with van der Waals surface area (Å²) in [5.74, 6) is 0. The Hall–Kier alpha value is 0.340. The maximum atomic E-state index is 9.40. The second kappa shape index (κ2) is 63.8. The number of methoxy groups -OCH3 is 5. The average molecular weight is 556 g/mol. The zero-order valence-electron chi connectivity index (χ0n) is 16.6. The third kappa shape index (κ3) is 124. The van der Waals surface area contributed by atoms with Gasteiger partial charge in [-0.1, -0.05) is 0 Å². The third-order valence-electron chi connectivity index (χ3n) is 1.44. The fourth-order valence-corrected chi connectivity index (χ4v) is 0.417. The number of hydrogen-bond donors (Lipinski definition) is 0. The molecule has 0 aromatic heterocycles. The molecule has 0 aliphatic rings. The molecule has 26 heavy (non-hydrogen) atoms. The third-order valence-corrected chi connectivity index (χ3v) is 1.44. The van der Waals surface area contributed by atoms with Crippen molar-refractivity contribution in [1.82, 2.24) is 0 Å². The molecular formula is C15H35O10Ta. The minimum absolute atomic E-state index is 0. The van der Waals surface area contributed by atoms with Crippen LogP contribution in [0.3, 0.4) is 0 Å². The first kappa shape index (κ1) is 40.9. The van der Waals surface area contributed by atoms with Crippen LogP contribution in [-0.4, -0.2) is 102 Å². The van der Waals surface area contributed by atoms with Gasteiger partial charge in [0, 0.05) is 68.6 Å². The molecule has 0 aliphatic heterocycles. The molecule has 160 valence electrons. The fourth-order valence-electron chi connectivity index (χ4n) is 0.417. The largest absolute Gasteiger partial charge is 5.00 e. The van der Waals surface area contributed by atoms with E-state index in [0.29, 0.717) is 33.0 Å². The van der Waals surface area contributed by atoms with Crippen molar-refractivity contribution in [3.63, 3.8) is 0 Å². The topological polar surface area (TPSA) is 161 Å². The molecule has 0 aromatic rings. The molecule has 0 radical (unpaired) electrons. The Morgan fingerprint density at radius 3 is 0.500 bits per heavy atom. The Bertz CT molecular complexity index is 103. The van der Waals surface area contributed by atoms with Crippen molar-refractivity contribution in [1.29, 1.82) is 0 Å². The zero-order chi connectivity index (χ0) is 20.6. The standard InChI is InChI=1S/5C3H7O2.Ta/c5*1-5-3-2-4;/h5*2-3H2,1H3;/q5*-1;+5. The number of ether oxygens (including phenoxy) is 5. The van der Waals surface area contributed by atoms with Gasteiger partial charge in [0.1, 0.15) is 0 Å². The maximum Gasteiger partial charge on any atom is 5.00 e. The monoisotopic (exact) mass is 556 g/mol. The van der Waals surface area contributed by atoms with Crippen LogP contribution in [0.25, 0.3) is 0 Å². The molecule has 0 saturated carbocycles. The van der Waals surface area contributed by atoms with Gasteiger partial charge in [0.2, 0.25) is 0 Å². The molecule has 0 fully saturated rings. The van der Waals surface area contributed by atoms with Gasteiger partial charge in [0.25, 0.3) is 0 Å². The van der Waals surface area contributed by atoms with Crippen LogP contribution in [0, 0.1) is 0 Å². The van der Waals surface area contributed by atoms with Gasteiger partial charge in [-0.2, -0.15) is 0 Å². The van der Waals surface area contributed by atoms with Crippen LogP contribution in [0.15, 0.2) is 0 Å².